The van der Waals surface area contributed by atoms with Crippen molar-refractivity contribution >= 4 is 0 Å². The van der Waals surface area contributed by atoms with Crippen LogP contribution in [0.3, 0.4) is 0 Å². The summed E-state index contributed by atoms with van der Waals surface area (Å²) >= 11 is 0. The molecule has 1 saturated heterocycles. The number of rotatable bonds is 1. The van der Waals surface area contributed by atoms with Crippen LogP contribution in [-0.4, -0.2) is 38.1 Å². The van der Waals surface area contributed by atoms with Gasteiger partial charge < -0.3 is 10.2 Å². The summed E-state index contributed by atoms with van der Waals surface area (Å²) in [4.78, 5) is 2.40. The molecule has 0 aromatic heterocycles. The Hall–Kier alpha value is -0.0800. The number of hydrogen-bond acceptors (Lipinski definition) is 2. The lowest BCUT2D eigenvalue weighted by Gasteiger charge is -2.24. The maximum absolute atomic E-state index is 3.48. The molecule has 2 fully saturated rings. The highest BCUT2D eigenvalue weighted by atomic mass is 15.1. The zero-order valence-electron chi connectivity index (χ0n) is 7.51. The quantitative estimate of drug-likeness (QED) is 0.593. The molecule has 2 aliphatic rings. The minimum absolute atomic E-state index is 0.856. The second kappa shape index (κ2) is 2.76. The van der Waals surface area contributed by atoms with Crippen LogP contribution in [0.15, 0.2) is 0 Å². The van der Waals surface area contributed by atoms with Crippen LogP contribution in [0.5, 0.6) is 0 Å². The molecule has 0 bridgehead atoms. The van der Waals surface area contributed by atoms with Gasteiger partial charge in [-0.25, -0.2) is 0 Å². The molecule has 0 radical (unpaired) electrons. The molecule has 3 unspecified atom stereocenters. The van der Waals surface area contributed by atoms with E-state index in [1.54, 1.807) is 0 Å². The van der Waals surface area contributed by atoms with Crippen molar-refractivity contribution in [1.29, 1.82) is 0 Å². The predicted octanol–water partition coefficient (Wildman–Crippen LogP) is 0.546. The smallest absolute Gasteiger partial charge is 0.0133 e. The van der Waals surface area contributed by atoms with Gasteiger partial charge in [0.15, 0.2) is 0 Å². The molecule has 1 saturated carbocycles. The average Bonchev–Trinajstić information content (AvgIpc) is 2.41. The molecule has 0 aromatic rings. The van der Waals surface area contributed by atoms with Crippen molar-refractivity contribution in [1.82, 2.24) is 10.2 Å². The lowest BCUT2D eigenvalue weighted by molar-refractivity contribution is 0.236. The highest BCUT2D eigenvalue weighted by Crippen LogP contribution is 2.36. The summed E-state index contributed by atoms with van der Waals surface area (Å²) in [5.74, 6) is 1.94. The van der Waals surface area contributed by atoms with Crippen LogP contribution in [0, 0.1) is 11.8 Å². The Bertz CT molecular complexity index is 144. The largest absolute Gasteiger partial charge is 0.316 e. The number of nitrogens with zero attached hydrogens (tertiary/aromatic N) is 1. The second-order valence-electron chi connectivity index (χ2n) is 4.19. The Labute approximate surface area is 69.0 Å². The van der Waals surface area contributed by atoms with Crippen molar-refractivity contribution in [2.45, 2.75) is 18.9 Å². The fraction of sp³-hybridized carbons (Fsp3) is 1.00. The van der Waals surface area contributed by atoms with Gasteiger partial charge in [0.05, 0.1) is 0 Å². The Morgan fingerprint density at radius 2 is 2.00 bits per heavy atom. The molecule has 1 N–H and O–H groups in total. The van der Waals surface area contributed by atoms with Crippen LogP contribution < -0.4 is 5.32 Å². The van der Waals surface area contributed by atoms with E-state index in [1.165, 1.54) is 25.9 Å². The molecule has 11 heavy (non-hydrogen) atoms. The van der Waals surface area contributed by atoms with Crippen LogP contribution in [0.1, 0.15) is 12.8 Å². The van der Waals surface area contributed by atoms with Crippen LogP contribution in [0.25, 0.3) is 0 Å². The molecule has 3 atom stereocenters. The Kier molecular flexibility index (Phi) is 1.90. The van der Waals surface area contributed by atoms with Gasteiger partial charge in [-0.1, -0.05) is 0 Å². The summed E-state index contributed by atoms with van der Waals surface area (Å²) < 4.78 is 0. The summed E-state index contributed by atoms with van der Waals surface area (Å²) in [5, 5.41) is 3.48. The van der Waals surface area contributed by atoms with Crippen LogP contribution in [0.2, 0.25) is 0 Å². The molecular weight excluding hydrogens is 136 g/mol. The summed E-state index contributed by atoms with van der Waals surface area (Å²) in [6.07, 6.45) is 2.87. The molecule has 0 aromatic carbocycles. The summed E-state index contributed by atoms with van der Waals surface area (Å²) in [5.41, 5.74) is 0. The zero-order chi connectivity index (χ0) is 7.84. The van der Waals surface area contributed by atoms with Gasteiger partial charge in [-0.15, -0.1) is 0 Å². The first-order valence-corrected chi connectivity index (χ1v) is 4.66. The first-order chi connectivity index (χ1) is 5.29. The second-order valence-corrected chi connectivity index (χ2v) is 4.19. The summed E-state index contributed by atoms with van der Waals surface area (Å²) in [7, 11) is 4.43. The zero-order valence-corrected chi connectivity index (χ0v) is 7.51. The average molecular weight is 154 g/mol. The highest BCUT2D eigenvalue weighted by molar-refractivity contribution is 4.95. The van der Waals surface area contributed by atoms with Gasteiger partial charge in [0.2, 0.25) is 0 Å². The Morgan fingerprint density at radius 1 is 1.18 bits per heavy atom. The van der Waals surface area contributed by atoms with Gasteiger partial charge in [-0.3, -0.25) is 0 Å². The van der Waals surface area contributed by atoms with Gasteiger partial charge in [0.25, 0.3) is 0 Å². The van der Waals surface area contributed by atoms with Crippen LogP contribution in [-0.2, 0) is 0 Å². The van der Waals surface area contributed by atoms with Crippen LogP contribution in [0.4, 0.5) is 0 Å². The molecule has 2 nitrogen and oxygen atoms in total. The van der Waals surface area contributed by atoms with Crippen molar-refractivity contribution in [2.24, 2.45) is 11.8 Å². The molecule has 0 spiro atoms. The SMILES string of the molecule is CN(C)C1CCC2CNCC21. The van der Waals surface area contributed by atoms with Gasteiger partial charge in [-0.2, -0.15) is 0 Å². The third-order valence-electron chi connectivity index (χ3n) is 3.38. The minimum atomic E-state index is 0.856. The summed E-state index contributed by atoms with van der Waals surface area (Å²) in [6, 6.07) is 0.856. The summed E-state index contributed by atoms with van der Waals surface area (Å²) in [6.45, 7) is 2.53. The molecule has 1 aliphatic carbocycles. The molecule has 2 rings (SSSR count). The van der Waals surface area contributed by atoms with E-state index in [0.717, 1.165) is 17.9 Å². The van der Waals surface area contributed by atoms with E-state index in [1.807, 2.05) is 0 Å². The molecule has 2 heteroatoms. The topological polar surface area (TPSA) is 15.3 Å². The molecule has 1 aliphatic heterocycles. The van der Waals surface area contributed by atoms with Crippen molar-refractivity contribution in [3.63, 3.8) is 0 Å². The highest BCUT2D eigenvalue weighted by Gasteiger charge is 2.39. The maximum atomic E-state index is 3.48. The van der Waals surface area contributed by atoms with Crippen molar-refractivity contribution in [3.8, 4) is 0 Å². The fourth-order valence-corrected chi connectivity index (χ4v) is 2.76. The Balaban J connectivity index is 2.03. The van der Waals surface area contributed by atoms with E-state index >= 15 is 0 Å². The van der Waals surface area contributed by atoms with Crippen molar-refractivity contribution in [2.75, 3.05) is 27.2 Å². The van der Waals surface area contributed by atoms with Gasteiger partial charge in [-0.05, 0) is 51.9 Å². The normalized spacial score (nSPS) is 43.4. The molecule has 1 heterocycles. The van der Waals surface area contributed by atoms with Crippen LogP contribution >= 0.6 is 0 Å². The fourth-order valence-electron chi connectivity index (χ4n) is 2.76. The first-order valence-electron chi connectivity index (χ1n) is 4.66. The maximum Gasteiger partial charge on any atom is 0.0133 e. The van der Waals surface area contributed by atoms with E-state index in [9.17, 15) is 0 Å². The van der Waals surface area contributed by atoms with Crippen molar-refractivity contribution in [3.05, 3.63) is 0 Å². The Morgan fingerprint density at radius 3 is 2.73 bits per heavy atom. The van der Waals surface area contributed by atoms with Gasteiger partial charge >= 0.3 is 0 Å². The third-order valence-corrected chi connectivity index (χ3v) is 3.38. The van der Waals surface area contributed by atoms with E-state index < -0.39 is 0 Å². The number of nitrogens with one attached hydrogen (secondary N) is 1. The van der Waals surface area contributed by atoms with E-state index in [0.29, 0.717) is 0 Å². The predicted molar refractivity (Wildman–Crippen MR) is 46.6 cm³/mol. The molecule has 0 amide bonds. The standard InChI is InChI=1S/C9H18N2/c1-11(2)9-4-3-7-5-10-6-8(7)9/h7-10H,3-6H2,1-2H3. The van der Waals surface area contributed by atoms with Crippen molar-refractivity contribution < 1.29 is 0 Å². The van der Waals surface area contributed by atoms with E-state index in [4.69, 9.17) is 0 Å². The lowest BCUT2D eigenvalue weighted by atomic mass is 9.97. The van der Waals surface area contributed by atoms with Gasteiger partial charge in [0.1, 0.15) is 0 Å². The van der Waals surface area contributed by atoms with E-state index in [2.05, 4.69) is 24.3 Å². The number of hydrogen-bond donors (Lipinski definition) is 1. The molecular formula is C9H18N2. The first kappa shape index (κ1) is 7.56. The number of fused-ring (bicyclic) bond motifs is 1. The molecule has 64 valence electrons. The lowest BCUT2D eigenvalue weighted by Crippen LogP contribution is -2.34. The monoisotopic (exact) mass is 154 g/mol. The van der Waals surface area contributed by atoms with E-state index in [-0.39, 0.29) is 0 Å². The van der Waals surface area contributed by atoms with Gasteiger partial charge in [0, 0.05) is 6.04 Å². The third kappa shape index (κ3) is 1.18. The minimum Gasteiger partial charge on any atom is -0.316 e.